The molecule has 6 heteroatoms. The summed E-state index contributed by atoms with van der Waals surface area (Å²) in [5, 5.41) is 0.297. The summed E-state index contributed by atoms with van der Waals surface area (Å²) in [7, 11) is 1.89. The van der Waals surface area contributed by atoms with Crippen molar-refractivity contribution in [3.8, 4) is 0 Å². The molecule has 0 N–H and O–H groups in total. The quantitative estimate of drug-likeness (QED) is 0.812. The first kappa shape index (κ1) is 13.8. The Morgan fingerprint density at radius 2 is 2.21 bits per heavy atom. The topological polar surface area (TPSA) is 57.0 Å². The van der Waals surface area contributed by atoms with Crippen molar-refractivity contribution in [1.29, 1.82) is 0 Å². The monoisotopic (exact) mass is 281 g/mol. The molecule has 0 radical (unpaired) electrons. The van der Waals surface area contributed by atoms with Crippen LogP contribution in [0.2, 0.25) is 5.02 Å². The highest BCUT2D eigenvalue weighted by molar-refractivity contribution is 6.37. The smallest absolute Gasteiger partial charge is 0.341 e. The van der Waals surface area contributed by atoms with Gasteiger partial charge in [-0.25, -0.2) is 14.8 Å². The highest BCUT2D eigenvalue weighted by atomic mass is 35.5. The number of imidazole rings is 1. The molecule has 2 rings (SSSR count). The molecule has 0 saturated heterocycles. The number of nitrogens with zero attached hydrogens (tertiary/aromatic N) is 3. The van der Waals surface area contributed by atoms with E-state index >= 15 is 0 Å². The van der Waals surface area contributed by atoms with Gasteiger partial charge in [-0.05, 0) is 6.92 Å². The second-order valence-corrected chi connectivity index (χ2v) is 4.94. The third kappa shape index (κ3) is 2.30. The highest BCUT2D eigenvalue weighted by Crippen LogP contribution is 2.28. The molecule has 0 spiro atoms. The molecule has 2 aromatic rings. The molecule has 0 fully saturated rings. The fourth-order valence-electron chi connectivity index (χ4n) is 1.98. The fourth-order valence-corrected chi connectivity index (χ4v) is 2.23. The van der Waals surface area contributed by atoms with Gasteiger partial charge < -0.3 is 9.30 Å². The Hall–Kier alpha value is -1.62. The van der Waals surface area contributed by atoms with Gasteiger partial charge in [0.25, 0.3) is 0 Å². The molecule has 0 bridgehead atoms. The minimum Gasteiger partial charge on any atom is -0.462 e. The zero-order chi connectivity index (χ0) is 14.2. The van der Waals surface area contributed by atoms with Gasteiger partial charge in [0.2, 0.25) is 0 Å². The van der Waals surface area contributed by atoms with Crippen LogP contribution in [-0.2, 0) is 11.8 Å². The Morgan fingerprint density at radius 1 is 1.53 bits per heavy atom. The predicted octanol–water partition coefficient (Wildman–Crippen LogP) is 2.92. The van der Waals surface area contributed by atoms with Crippen molar-refractivity contribution in [2.75, 3.05) is 6.61 Å². The molecule has 0 unspecified atom stereocenters. The maximum Gasteiger partial charge on any atom is 0.341 e. The molecule has 0 aromatic carbocycles. The Kier molecular flexibility index (Phi) is 3.75. The van der Waals surface area contributed by atoms with Crippen molar-refractivity contribution < 1.29 is 9.53 Å². The number of hydrogen-bond acceptors (Lipinski definition) is 4. The number of fused-ring (bicyclic) bond motifs is 1. The van der Waals surface area contributed by atoms with E-state index in [0.717, 1.165) is 5.82 Å². The van der Waals surface area contributed by atoms with Crippen LogP contribution >= 0.6 is 11.6 Å². The van der Waals surface area contributed by atoms with Crippen molar-refractivity contribution >= 4 is 28.7 Å². The fraction of sp³-hybridized carbons (Fsp3) is 0.462. The Bertz CT molecular complexity index is 634. The normalized spacial score (nSPS) is 11.3. The molecular formula is C13H16ClN3O2. The van der Waals surface area contributed by atoms with Gasteiger partial charge in [-0.2, -0.15) is 0 Å². The summed E-state index contributed by atoms with van der Waals surface area (Å²) < 4.78 is 6.83. The summed E-state index contributed by atoms with van der Waals surface area (Å²) in [4.78, 5) is 20.5. The number of rotatable bonds is 3. The highest BCUT2D eigenvalue weighted by Gasteiger charge is 2.20. The van der Waals surface area contributed by atoms with Crippen LogP contribution in [0.4, 0.5) is 0 Å². The number of aryl methyl sites for hydroxylation is 1. The third-order valence-corrected chi connectivity index (χ3v) is 3.25. The lowest BCUT2D eigenvalue weighted by Crippen LogP contribution is -2.06. The van der Waals surface area contributed by atoms with E-state index in [-0.39, 0.29) is 11.5 Å². The number of ether oxygens (including phenoxy) is 1. The number of carbonyl (C=O) groups excluding carboxylic acids is 1. The number of aromatic nitrogens is 3. The zero-order valence-electron chi connectivity index (χ0n) is 11.4. The molecule has 0 atom stereocenters. The molecule has 0 saturated carbocycles. The lowest BCUT2D eigenvalue weighted by atomic mass is 10.2. The van der Waals surface area contributed by atoms with Crippen LogP contribution < -0.4 is 0 Å². The lowest BCUT2D eigenvalue weighted by molar-refractivity contribution is 0.0526. The molecule has 0 amide bonds. The van der Waals surface area contributed by atoms with E-state index in [1.165, 1.54) is 6.20 Å². The number of pyridine rings is 1. The van der Waals surface area contributed by atoms with Crippen LogP contribution in [0.25, 0.3) is 11.2 Å². The van der Waals surface area contributed by atoms with Crippen LogP contribution in [0, 0.1) is 0 Å². The molecule has 19 heavy (non-hydrogen) atoms. The largest absolute Gasteiger partial charge is 0.462 e. The Balaban J connectivity index is 2.62. The van der Waals surface area contributed by atoms with Gasteiger partial charge in [-0.15, -0.1) is 0 Å². The maximum atomic E-state index is 11.8. The molecule has 5 nitrogen and oxygen atoms in total. The Morgan fingerprint density at radius 3 is 2.79 bits per heavy atom. The average Bonchev–Trinajstić information content (AvgIpc) is 2.69. The van der Waals surface area contributed by atoms with Crippen molar-refractivity contribution in [2.24, 2.45) is 7.05 Å². The molecule has 0 aliphatic carbocycles. The third-order valence-electron chi connectivity index (χ3n) is 2.87. The summed E-state index contributed by atoms with van der Waals surface area (Å²) in [6.07, 6.45) is 1.44. The minimum atomic E-state index is -0.473. The molecule has 0 aliphatic rings. The first-order chi connectivity index (χ1) is 8.97. The Labute approximate surface area is 116 Å². The zero-order valence-corrected chi connectivity index (χ0v) is 12.2. The van der Waals surface area contributed by atoms with Crippen molar-refractivity contribution in [3.63, 3.8) is 0 Å². The van der Waals surface area contributed by atoms with E-state index < -0.39 is 5.97 Å². The van der Waals surface area contributed by atoms with Crippen LogP contribution in [0.3, 0.4) is 0 Å². The van der Waals surface area contributed by atoms with Crippen LogP contribution in [0.15, 0.2) is 6.20 Å². The van der Waals surface area contributed by atoms with E-state index in [9.17, 15) is 4.79 Å². The number of halogens is 1. The summed E-state index contributed by atoms with van der Waals surface area (Å²) >= 11 is 6.25. The van der Waals surface area contributed by atoms with Crippen LogP contribution in [0.5, 0.6) is 0 Å². The van der Waals surface area contributed by atoms with E-state index in [1.807, 2.05) is 25.5 Å². The van der Waals surface area contributed by atoms with Gasteiger partial charge in [-0.3, -0.25) is 0 Å². The summed E-state index contributed by atoms with van der Waals surface area (Å²) in [5.74, 6) is 0.658. The van der Waals surface area contributed by atoms with Gasteiger partial charge in [0.1, 0.15) is 11.3 Å². The van der Waals surface area contributed by atoms with Gasteiger partial charge in [0.05, 0.1) is 17.2 Å². The first-order valence-electron chi connectivity index (χ1n) is 6.15. The molecule has 0 aliphatic heterocycles. The van der Waals surface area contributed by atoms with E-state index in [1.54, 1.807) is 6.92 Å². The number of carbonyl (C=O) groups is 1. The van der Waals surface area contributed by atoms with Crippen molar-refractivity contribution in [2.45, 2.75) is 26.7 Å². The maximum absolute atomic E-state index is 11.8. The summed E-state index contributed by atoms with van der Waals surface area (Å²) in [6.45, 7) is 6.13. The van der Waals surface area contributed by atoms with E-state index in [0.29, 0.717) is 22.8 Å². The van der Waals surface area contributed by atoms with Gasteiger partial charge in [0, 0.05) is 19.2 Å². The lowest BCUT2D eigenvalue weighted by Gasteiger charge is -2.04. The van der Waals surface area contributed by atoms with E-state index in [4.69, 9.17) is 16.3 Å². The standard InChI is InChI=1S/C13H16ClN3O2/c1-5-19-13(18)8-6-15-12-10(9(8)14)16-11(7(2)3)17(12)4/h6-7H,5H2,1-4H3. The molecule has 2 heterocycles. The second-order valence-electron chi connectivity index (χ2n) is 4.56. The first-order valence-corrected chi connectivity index (χ1v) is 6.53. The molecule has 2 aromatic heterocycles. The average molecular weight is 282 g/mol. The predicted molar refractivity (Wildman–Crippen MR) is 73.6 cm³/mol. The molecular weight excluding hydrogens is 266 g/mol. The summed E-state index contributed by atoms with van der Waals surface area (Å²) in [6, 6.07) is 0. The van der Waals surface area contributed by atoms with E-state index in [2.05, 4.69) is 9.97 Å². The van der Waals surface area contributed by atoms with Gasteiger partial charge >= 0.3 is 5.97 Å². The van der Waals surface area contributed by atoms with Crippen LogP contribution in [0.1, 0.15) is 42.9 Å². The van der Waals surface area contributed by atoms with Crippen molar-refractivity contribution in [3.05, 3.63) is 22.6 Å². The summed E-state index contributed by atoms with van der Waals surface area (Å²) in [5.41, 5.74) is 1.46. The van der Waals surface area contributed by atoms with Gasteiger partial charge in [0.15, 0.2) is 5.65 Å². The van der Waals surface area contributed by atoms with Gasteiger partial charge in [-0.1, -0.05) is 25.4 Å². The molecule has 102 valence electrons. The minimum absolute atomic E-state index is 0.251. The number of esters is 1. The number of hydrogen-bond donors (Lipinski definition) is 0. The van der Waals surface area contributed by atoms with Crippen LogP contribution in [-0.4, -0.2) is 27.1 Å². The van der Waals surface area contributed by atoms with Crippen molar-refractivity contribution in [1.82, 2.24) is 14.5 Å². The second kappa shape index (κ2) is 5.17. The SMILES string of the molecule is CCOC(=O)c1cnc2c(nc(C(C)C)n2C)c1Cl.